The van der Waals surface area contributed by atoms with Crippen LogP contribution in [0.25, 0.3) is 10.9 Å². The van der Waals surface area contributed by atoms with Gasteiger partial charge in [0.1, 0.15) is 5.41 Å². The predicted octanol–water partition coefficient (Wildman–Crippen LogP) is 4.15. The van der Waals surface area contributed by atoms with E-state index in [0.717, 1.165) is 43.5 Å². The highest BCUT2D eigenvalue weighted by Gasteiger charge is 2.83. The number of aliphatic hydroxyl groups is 2. The summed E-state index contributed by atoms with van der Waals surface area (Å²) in [5, 5.41) is 26.6. The van der Waals surface area contributed by atoms with Gasteiger partial charge < -0.3 is 29.2 Å². The molecule has 7 fully saturated rings. The molecule has 8 aliphatic heterocycles. The average Bonchev–Trinajstić information content (AvgIpc) is 3.66. The number of aromatic nitrogens is 1. The van der Waals surface area contributed by atoms with Crippen LogP contribution in [-0.2, 0) is 33.2 Å². The van der Waals surface area contributed by atoms with Gasteiger partial charge in [-0.05, 0) is 75.8 Å². The number of anilines is 1. The van der Waals surface area contributed by atoms with Gasteiger partial charge in [-0.25, -0.2) is 0 Å². The summed E-state index contributed by atoms with van der Waals surface area (Å²) in [4.78, 5) is 21.9. The number of piperidine rings is 5. The summed E-state index contributed by atoms with van der Waals surface area (Å²) in [6.07, 6.45) is 4.79. The van der Waals surface area contributed by atoms with Gasteiger partial charge in [0.25, 0.3) is 0 Å². The Balaban J connectivity index is 1.03. The third-order valence-corrected chi connectivity index (χ3v) is 16.3. The number of aryl methyl sites for hydroxylation is 1. The van der Waals surface area contributed by atoms with E-state index in [0.29, 0.717) is 25.1 Å². The van der Waals surface area contributed by atoms with E-state index in [1.54, 1.807) is 0 Å². The molecule has 9 heterocycles. The number of fused-ring (bicyclic) bond motifs is 10. The Morgan fingerprint density at radius 2 is 1.86 bits per heavy atom. The maximum atomic E-state index is 14.1. The van der Waals surface area contributed by atoms with E-state index in [1.807, 2.05) is 6.92 Å². The van der Waals surface area contributed by atoms with Crippen molar-refractivity contribution in [1.29, 1.82) is 0 Å². The monoisotopic (exact) mass is 690 g/mol. The molecule has 9 aliphatic rings. The summed E-state index contributed by atoms with van der Waals surface area (Å²) in [5.41, 5.74) is 6.15. The van der Waals surface area contributed by atoms with Crippen LogP contribution in [0.2, 0.25) is 0 Å². The zero-order valence-corrected chi connectivity index (χ0v) is 30.3. The van der Waals surface area contributed by atoms with Gasteiger partial charge in [-0.3, -0.25) is 14.6 Å². The van der Waals surface area contributed by atoms with E-state index < -0.39 is 22.7 Å². The van der Waals surface area contributed by atoms with Crippen LogP contribution in [0.5, 0.6) is 0 Å². The second kappa shape index (κ2) is 10.1. The Morgan fingerprint density at radius 1 is 1.08 bits per heavy atom. The van der Waals surface area contributed by atoms with Crippen LogP contribution in [-0.4, -0.2) is 100 Å². The minimum atomic E-state index is -1.30. The van der Waals surface area contributed by atoms with Gasteiger partial charge >= 0.3 is 5.97 Å². The van der Waals surface area contributed by atoms with Gasteiger partial charge in [0.05, 0.1) is 31.9 Å². The van der Waals surface area contributed by atoms with E-state index >= 15 is 0 Å². The molecule has 7 bridgehead atoms. The molecule has 9 heteroatoms. The van der Waals surface area contributed by atoms with Gasteiger partial charge in [0, 0.05) is 83.7 Å². The largest absolute Gasteiger partial charge is 0.468 e. The molecule has 1 aliphatic carbocycles. The number of aliphatic hydroxyl groups excluding tert-OH is 1. The maximum absolute atomic E-state index is 14.1. The van der Waals surface area contributed by atoms with Crippen molar-refractivity contribution >= 4 is 22.6 Å². The van der Waals surface area contributed by atoms with Gasteiger partial charge in [0.2, 0.25) is 0 Å². The number of hydrogen-bond acceptors (Lipinski definition) is 8. The number of allylic oxidation sites excluding steroid dienone is 1. The first-order valence-corrected chi connectivity index (χ1v) is 19.3. The molecule has 268 valence electrons. The molecule has 1 aromatic heterocycles. The molecule has 1 saturated carbocycles. The number of carbonyl (C=O) groups is 1. The highest BCUT2D eigenvalue weighted by molar-refractivity contribution is 5.86. The van der Waals surface area contributed by atoms with Crippen molar-refractivity contribution in [2.75, 3.05) is 38.8 Å². The van der Waals surface area contributed by atoms with Crippen molar-refractivity contribution in [3.63, 3.8) is 0 Å². The summed E-state index contributed by atoms with van der Waals surface area (Å²) >= 11 is 0. The van der Waals surface area contributed by atoms with Gasteiger partial charge in [0.15, 0.2) is 5.79 Å². The first-order valence-electron chi connectivity index (χ1n) is 19.3. The Labute approximate surface area is 299 Å². The van der Waals surface area contributed by atoms with E-state index in [1.165, 1.54) is 34.8 Å². The molecule has 12 rings (SSSR count). The second-order valence-electron chi connectivity index (χ2n) is 17.5. The Kier molecular flexibility index (Phi) is 6.17. The molecular weight excluding hydrogens is 640 g/mol. The molecular formula is C42H50N4O5. The molecule has 1 spiro atoms. The number of carbonyl (C=O) groups excluding carboxylic acids is 1. The number of methoxy groups -OCH3 is 1. The lowest BCUT2D eigenvalue weighted by molar-refractivity contribution is -0.287. The third-order valence-electron chi connectivity index (χ3n) is 16.3. The number of hydrogen-bond donors (Lipinski definition) is 2. The average molecular weight is 691 g/mol. The van der Waals surface area contributed by atoms with Crippen LogP contribution in [0, 0.1) is 29.1 Å². The van der Waals surface area contributed by atoms with Crippen molar-refractivity contribution in [3.05, 3.63) is 77.0 Å². The zero-order chi connectivity index (χ0) is 34.9. The molecule has 1 unspecified atom stereocenters. The van der Waals surface area contributed by atoms with Crippen molar-refractivity contribution in [2.24, 2.45) is 36.1 Å². The molecule has 2 aromatic carbocycles. The fourth-order valence-electron chi connectivity index (χ4n) is 14.4. The molecule has 2 N–H and O–H groups in total. The van der Waals surface area contributed by atoms with E-state index in [4.69, 9.17) is 9.47 Å². The topological polar surface area (TPSA) is 90.6 Å². The molecule has 51 heavy (non-hydrogen) atoms. The van der Waals surface area contributed by atoms with Crippen LogP contribution < -0.4 is 4.90 Å². The number of ether oxygens (including phenoxy) is 2. The summed E-state index contributed by atoms with van der Waals surface area (Å²) in [6.45, 7) is 5.98. The number of esters is 1. The first kappa shape index (κ1) is 31.3. The van der Waals surface area contributed by atoms with Crippen LogP contribution in [0.1, 0.15) is 56.0 Å². The fraction of sp³-hybridized carbons (Fsp3) is 0.595. The lowest BCUT2D eigenvalue weighted by Gasteiger charge is -2.62. The van der Waals surface area contributed by atoms with Gasteiger partial charge in [-0.2, -0.15) is 0 Å². The molecule has 0 radical (unpaired) electrons. The Bertz CT molecular complexity index is 2040. The van der Waals surface area contributed by atoms with E-state index in [9.17, 15) is 15.0 Å². The van der Waals surface area contributed by atoms with Crippen LogP contribution in [0.3, 0.4) is 0 Å². The van der Waals surface area contributed by atoms with Gasteiger partial charge in [-0.15, -0.1) is 0 Å². The summed E-state index contributed by atoms with van der Waals surface area (Å²) in [5.74, 6) is -1.21. The second-order valence-corrected chi connectivity index (χ2v) is 17.5. The van der Waals surface area contributed by atoms with Crippen molar-refractivity contribution in [2.45, 2.75) is 87.0 Å². The smallest absolute Gasteiger partial charge is 0.316 e. The third kappa shape index (κ3) is 3.42. The van der Waals surface area contributed by atoms with Crippen LogP contribution >= 0.6 is 0 Å². The molecule has 9 nitrogen and oxygen atoms in total. The number of benzene rings is 2. The summed E-state index contributed by atoms with van der Waals surface area (Å²) in [6, 6.07) is 18.1. The lowest BCUT2D eigenvalue weighted by atomic mass is 9.58. The quantitative estimate of drug-likeness (QED) is 0.313. The zero-order valence-electron chi connectivity index (χ0n) is 30.3. The number of rotatable bonds is 3. The van der Waals surface area contributed by atoms with Gasteiger partial charge in [-0.1, -0.05) is 48.0 Å². The van der Waals surface area contributed by atoms with Crippen molar-refractivity contribution < 1.29 is 24.5 Å². The van der Waals surface area contributed by atoms with Crippen molar-refractivity contribution in [1.82, 2.24) is 14.4 Å². The highest BCUT2D eigenvalue weighted by atomic mass is 16.6. The highest BCUT2D eigenvalue weighted by Crippen LogP contribution is 2.73. The normalized spacial score (nSPS) is 46.3. The van der Waals surface area contributed by atoms with Crippen molar-refractivity contribution in [3.8, 4) is 0 Å². The Hall–Kier alpha value is -3.21. The molecule has 6 saturated heterocycles. The molecule has 14 atom stereocenters. The number of likely N-dealkylation sites (N-methyl/N-ethyl adjacent to an activating group) is 1. The lowest BCUT2D eigenvalue weighted by Crippen LogP contribution is -2.72. The standard InChI is InChI=1S/C42H50N4O5/c1-6-22-19-45-34-17-28(22)42(39(48)50-5)35(45)18-41(38(42)47)27-12-8-10-14-31(27)46(37(34)41)20-29-24-15-33-36-25(23-11-7-9-13-30(23)44(36)4)16-32(43(33)3)26(24)21-51-40(29,2)49/h6-14,24,26,28-29,32-35,37-38,47,49H,15-21H2,1-5H3/b22-6-/t24-,26-,28+,29+,32-,33-,34+,35+,37+,38+,40-,41-,42-/m1/s1. The van der Waals surface area contributed by atoms with Crippen LogP contribution in [0.4, 0.5) is 5.69 Å². The van der Waals surface area contributed by atoms with E-state index in [2.05, 4.69) is 94.9 Å². The summed E-state index contributed by atoms with van der Waals surface area (Å²) < 4.78 is 14.6. The first-order chi connectivity index (χ1) is 24.6. The maximum Gasteiger partial charge on any atom is 0.316 e. The fourth-order valence-corrected chi connectivity index (χ4v) is 14.4. The number of para-hydroxylation sites is 2. The van der Waals surface area contributed by atoms with Crippen LogP contribution in [0.15, 0.2) is 60.2 Å². The minimum absolute atomic E-state index is 0.0252. The molecule has 0 amide bonds. The minimum Gasteiger partial charge on any atom is -0.468 e. The predicted molar refractivity (Wildman–Crippen MR) is 193 cm³/mol. The molecule has 3 aromatic rings. The van der Waals surface area contributed by atoms with E-state index in [-0.39, 0.29) is 47.9 Å². The SMILES string of the molecule is C/C=C1/CN2[C@H]3C[C@@]45c6ccccc6N(C[C@H]6[C@@H]7C[C@@H]8c9c(c%10ccccc%10n9C)C[C@H]([C@@H]7CO[C@@]6(C)O)N8C)[C@H]4[C@@H]2C[C@@H]1[C@]3(C(=O)OC)[C@H]5O. The Morgan fingerprint density at radius 3 is 2.67 bits per heavy atom. The number of nitrogens with zero attached hydrogens (tertiary/aromatic N) is 4. The summed E-state index contributed by atoms with van der Waals surface area (Å²) in [7, 11) is 6.01.